The number of unbranched alkanes of at least 4 members (excludes halogenated alkanes) is 3. The lowest BCUT2D eigenvalue weighted by Crippen LogP contribution is -2.50. The first-order chi connectivity index (χ1) is 9.08. The van der Waals surface area contributed by atoms with E-state index in [1.54, 1.807) is 6.92 Å². The van der Waals surface area contributed by atoms with E-state index in [2.05, 4.69) is 6.92 Å². The van der Waals surface area contributed by atoms with E-state index in [9.17, 15) is 9.59 Å². The highest BCUT2D eigenvalue weighted by molar-refractivity contribution is 6.01. The van der Waals surface area contributed by atoms with Crippen molar-refractivity contribution in [3.8, 4) is 0 Å². The zero-order valence-electron chi connectivity index (χ0n) is 11.9. The maximum absolute atomic E-state index is 12.0. The van der Waals surface area contributed by atoms with E-state index in [0.717, 1.165) is 25.7 Å². The van der Waals surface area contributed by atoms with Crippen LogP contribution in [0.2, 0.25) is 0 Å². The van der Waals surface area contributed by atoms with Crippen LogP contribution < -0.4 is 5.73 Å². The second-order valence-corrected chi connectivity index (χ2v) is 4.34. The van der Waals surface area contributed by atoms with Crippen molar-refractivity contribution < 1.29 is 19.4 Å². The van der Waals surface area contributed by atoms with Gasteiger partial charge in [-0.1, -0.05) is 26.2 Å². The number of rotatable bonds is 10. The molecule has 1 amide bonds. The summed E-state index contributed by atoms with van der Waals surface area (Å²) in [4.78, 5) is 24.8. The van der Waals surface area contributed by atoms with Gasteiger partial charge in [-0.3, -0.25) is 4.79 Å². The number of hydrogen-bond donors (Lipinski definition) is 2. The maximum atomic E-state index is 12.0. The van der Waals surface area contributed by atoms with Crippen molar-refractivity contribution in [2.75, 3.05) is 26.3 Å². The van der Waals surface area contributed by atoms with E-state index in [4.69, 9.17) is 15.6 Å². The Labute approximate surface area is 114 Å². The molecule has 0 saturated carbocycles. The number of nitrogens with zero attached hydrogens (tertiary/aromatic N) is 1. The van der Waals surface area contributed by atoms with Crippen LogP contribution in [0.15, 0.2) is 0 Å². The van der Waals surface area contributed by atoms with E-state index in [-0.39, 0.29) is 19.8 Å². The first-order valence-corrected chi connectivity index (χ1v) is 6.90. The van der Waals surface area contributed by atoms with Crippen molar-refractivity contribution >= 4 is 11.9 Å². The molecule has 3 N–H and O–H groups in total. The minimum Gasteiger partial charge on any atom is -0.464 e. The highest BCUT2D eigenvalue weighted by Gasteiger charge is 2.27. The van der Waals surface area contributed by atoms with Crippen LogP contribution in [0, 0.1) is 0 Å². The zero-order chi connectivity index (χ0) is 14.7. The third kappa shape index (κ3) is 7.12. The van der Waals surface area contributed by atoms with E-state index in [0.29, 0.717) is 6.54 Å². The van der Waals surface area contributed by atoms with Gasteiger partial charge in [0, 0.05) is 13.1 Å². The van der Waals surface area contributed by atoms with E-state index < -0.39 is 17.9 Å². The molecule has 1 unspecified atom stereocenters. The van der Waals surface area contributed by atoms with Gasteiger partial charge < -0.3 is 20.5 Å². The van der Waals surface area contributed by atoms with Crippen molar-refractivity contribution in [2.24, 2.45) is 5.73 Å². The molecule has 0 aliphatic rings. The molecular weight excluding hydrogens is 248 g/mol. The summed E-state index contributed by atoms with van der Waals surface area (Å²) in [6, 6.07) is -1.29. The Morgan fingerprint density at radius 3 is 2.42 bits per heavy atom. The third-order valence-electron chi connectivity index (χ3n) is 2.77. The van der Waals surface area contributed by atoms with Gasteiger partial charge in [0.15, 0.2) is 6.04 Å². The molecule has 6 nitrogen and oxygen atoms in total. The van der Waals surface area contributed by atoms with Crippen LogP contribution in [0.25, 0.3) is 0 Å². The fourth-order valence-corrected chi connectivity index (χ4v) is 1.71. The number of amides is 1. The Kier molecular flexibility index (Phi) is 10.1. The molecule has 112 valence electrons. The van der Waals surface area contributed by atoms with Crippen molar-refractivity contribution in [3.05, 3.63) is 0 Å². The quantitative estimate of drug-likeness (QED) is 0.339. The van der Waals surface area contributed by atoms with Gasteiger partial charge in [-0.05, 0) is 13.3 Å². The summed E-state index contributed by atoms with van der Waals surface area (Å²) in [5.41, 5.74) is 5.56. The summed E-state index contributed by atoms with van der Waals surface area (Å²) in [6.45, 7) is 4.51. The summed E-state index contributed by atoms with van der Waals surface area (Å²) >= 11 is 0. The average Bonchev–Trinajstić information content (AvgIpc) is 2.41. The van der Waals surface area contributed by atoms with Gasteiger partial charge in [0.1, 0.15) is 0 Å². The van der Waals surface area contributed by atoms with Crippen LogP contribution in [0.5, 0.6) is 0 Å². The number of aliphatic hydroxyl groups is 1. The SMILES string of the molecule is CCCCCCN(CCO)C(=O)C(N)C(=O)OCC. The fourth-order valence-electron chi connectivity index (χ4n) is 1.71. The second kappa shape index (κ2) is 10.8. The molecule has 0 bridgehead atoms. The third-order valence-corrected chi connectivity index (χ3v) is 2.77. The number of aliphatic hydroxyl groups excluding tert-OH is 1. The highest BCUT2D eigenvalue weighted by atomic mass is 16.5. The smallest absolute Gasteiger partial charge is 0.332 e. The summed E-state index contributed by atoms with van der Waals surface area (Å²) in [6.07, 6.45) is 4.07. The van der Waals surface area contributed by atoms with Crippen LogP contribution in [0.3, 0.4) is 0 Å². The minimum absolute atomic E-state index is 0.144. The lowest BCUT2D eigenvalue weighted by molar-refractivity contribution is -0.151. The summed E-state index contributed by atoms with van der Waals surface area (Å²) in [7, 11) is 0. The Morgan fingerprint density at radius 2 is 1.89 bits per heavy atom. The van der Waals surface area contributed by atoms with Crippen molar-refractivity contribution in [2.45, 2.75) is 45.6 Å². The fraction of sp³-hybridized carbons (Fsp3) is 0.846. The molecule has 1 atom stereocenters. The van der Waals surface area contributed by atoms with E-state index in [1.165, 1.54) is 4.90 Å². The average molecular weight is 274 g/mol. The first kappa shape index (κ1) is 17.9. The molecule has 0 spiro atoms. The van der Waals surface area contributed by atoms with Gasteiger partial charge in [-0.15, -0.1) is 0 Å². The van der Waals surface area contributed by atoms with Crippen LogP contribution in [0.4, 0.5) is 0 Å². The molecule has 0 heterocycles. The van der Waals surface area contributed by atoms with Gasteiger partial charge in [-0.25, -0.2) is 4.79 Å². The Morgan fingerprint density at radius 1 is 1.21 bits per heavy atom. The molecule has 0 aliphatic carbocycles. The summed E-state index contributed by atoms with van der Waals surface area (Å²) in [5.74, 6) is -1.20. The van der Waals surface area contributed by atoms with Gasteiger partial charge in [-0.2, -0.15) is 0 Å². The minimum atomic E-state index is -1.29. The molecular formula is C13H26N2O4. The summed E-state index contributed by atoms with van der Waals surface area (Å²) in [5, 5.41) is 8.96. The van der Waals surface area contributed by atoms with Gasteiger partial charge in [0.05, 0.1) is 13.2 Å². The molecule has 0 saturated heterocycles. The molecule has 6 heteroatoms. The largest absolute Gasteiger partial charge is 0.464 e. The number of carbonyl (C=O) groups excluding carboxylic acids is 2. The molecule has 0 aliphatic heterocycles. The molecule has 0 rings (SSSR count). The predicted molar refractivity (Wildman–Crippen MR) is 72.4 cm³/mol. The van der Waals surface area contributed by atoms with Crippen molar-refractivity contribution in [3.63, 3.8) is 0 Å². The van der Waals surface area contributed by atoms with Crippen LogP contribution in [0.1, 0.15) is 39.5 Å². The van der Waals surface area contributed by atoms with Crippen LogP contribution in [-0.2, 0) is 14.3 Å². The molecule has 0 aromatic rings. The Hall–Kier alpha value is -1.14. The van der Waals surface area contributed by atoms with Crippen LogP contribution >= 0.6 is 0 Å². The standard InChI is InChI=1S/C13H26N2O4/c1-3-5-6-7-8-15(9-10-16)12(17)11(14)13(18)19-4-2/h11,16H,3-10,14H2,1-2H3. The number of ether oxygens (including phenoxy) is 1. The summed E-state index contributed by atoms with van der Waals surface area (Å²) < 4.78 is 4.72. The monoisotopic (exact) mass is 274 g/mol. The zero-order valence-corrected chi connectivity index (χ0v) is 11.9. The predicted octanol–water partition coefficient (Wildman–Crippen LogP) is 0.278. The Balaban J connectivity index is 4.33. The molecule has 19 heavy (non-hydrogen) atoms. The van der Waals surface area contributed by atoms with Crippen molar-refractivity contribution in [1.29, 1.82) is 0 Å². The Bertz CT molecular complexity index is 271. The topological polar surface area (TPSA) is 92.9 Å². The molecule has 0 radical (unpaired) electrons. The van der Waals surface area contributed by atoms with Gasteiger partial charge >= 0.3 is 5.97 Å². The number of hydrogen-bond acceptors (Lipinski definition) is 5. The lowest BCUT2D eigenvalue weighted by atomic mass is 10.2. The highest BCUT2D eigenvalue weighted by Crippen LogP contribution is 2.03. The van der Waals surface area contributed by atoms with Crippen molar-refractivity contribution in [1.82, 2.24) is 4.90 Å². The van der Waals surface area contributed by atoms with Crippen LogP contribution in [-0.4, -0.2) is 54.2 Å². The maximum Gasteiger partial charge on any atom is 0.332 e. The first-order valence-electron chi connectivity index (χ1n) is 6.90. The molecule has 0 aromatic carbocycles. The van der Waals surface area contributed by atoms with Gasteiger partial charge in [0.25, 0.3) is 5.91 Å². The molecule has 0 aromatic heterocycles. The van der Waals surface area contributed by atoms with E-state index >= 15 is 0 Å². The number of esters is 1. The lowest BCUT2D eigenvalue weighted by Gasteiger charge is -2.24. The number of nitrogens with two attached hydrogens (primary N) is 1. The van der Waals surface area contributed by atoms with Gasteiger partial charge in [0.2, 0.25) is 0 Å². The van der Waals surface area contributed by atoms with E-state index in [1.807, 2.05) is 0 Å². The number of carbonyl (C=O) groups is 2. The molecule has 0 fully saturated rings. The second-order valence-electron chi connectivity index (χ2n) is 4.34. The normalized spacial score (nSPS) is 12.0.